The second kappa shape index (κ2) is 5.19. The molecule has 0 amide bonds. The molecule has 2 nitrogen and oxygen atoms in total. The van der Waals surface area contributed by atoms with Crippen molar-refractivity contribution in [3.63, 3.8) is 0 Å². The molecule has 2 aliphatic rings. The van der Waals surface area contributed by atoms with Crippen molar-refractivity contribution in [3.8, 4) is 0 Å². The molecule has 2 saturated carbocycles. The standard InChI is InChI=1S/C16H24O2S/c17-15(9-3-1-4-10-15)13-7-8-14(19-13)16(18)11-5-2-6-12-16/h7-8,17-18H,1-6,9-12H2. The zero-order valence-electron chi connectivity index (χ0n) is 11.5. The van der Waals surface area contributed by atoms with E-state index in [4.69, 9.17) is 0 Å². The molecule has 2 aliphatic carbocycles. The van der Waals surface area contributed by atoms with Crippen molar-refractivity contribution in [2.24, 2.45) is 0 Å². The lowest BCUT2D eigenvalue weighted by Gasteiger charge is -2.32. The monoisotopic (exact) mass is 280 g/mol. The van der Waals surface area contributed by atoms with Gasteiger partial charge in [-0.15, -0.1) is 11.3 Å². The summed E-state index contributed by atoms with van der Waals surface area (Å²) in [6.45, 7) is 0. The number of rotatable bonds is 2. The van der Waals surface area contributed by atoms with E-state index in [1.54, 1.807) is 11.3 Å². The van der Waals surface area contributed by atoms with Gasteiger partial charge in [-0.05, 0) is 37.8 Å². The Morgan fingerprint density at radius 3 is 1.42 bits per heavy atom. The smallest absolute Gasteiger partial charge is 0.0987 e. The van der Waals surface area contributed by atoms with Gasteiger partial charge in [0.15, 0.2) is 0 Å². The summed E-state index contributed by atoms with van der Waals surface area (Å²) < 4.78 is 0. The van der Waals surface area contributed by atoms with Gasteiger partial charge < -0.3 is 10.2 Å². The first kappa shape index (κ1) is 13.6. The zero-order valence-corrected chi connectivity index (χ0v) is 12.3. The average Bonchev–Trinajstić information content (AvgIpc) is 2.91. The summed E-state index contributed by atoms with van der Waals surface area (Å²) >= 11 is 1.64. The normalized spacial score (nSPS) is 26.2. The van der Waals surface area contributed by atoms with Crippen LogP contribution >= 0.6 is 11.3 Å². The zero-order chi connectivity index (χ0) is 13.3. The Morgan fingerprint density at radius 2 is 1.05 bits per heavy atom. The molecular weight excluding hydrogens is 256 g/mol. The van der Waals surface area contributed by atoms with Crippen LogP contribution in [-0.4, -0.2) is 10.2 Å². The molecule has 1 heterocycles. The molecule has 0 saturated heterocycles. The van der Waals surface area contributed by atoms with E-state index >= 15 is 0 Å². The van der Waals surface area contributed by atoms with Crippen LogP contribution in [0.25, 0.3) is 0 Å². The lowest BCUT2D eigenvalue weighted by Crippen LogP contribution is -2.28. The highest BCUT2D eigenvalue weighted by atomic mass is 32.1. The molecule has 3 rings (SSSR count). The van der Waals surface area contributed by atoms with E-state index in [1.165, 1.54) is 12.8 Å². The summed E-state index contributed by atoms with van der Waals surface area (Å²) in [6.07, 6.45) is 10.5. The van der Waals surface area contributed by atoms with Crippen LogP contribution in [0.2, 0.25) is 0 Å². The molecule has 0 aliphatic heterocycles. The lowest BCUT2D eigenvalue weighted by atomic mass is 9.83. The summed E-state index contributed by atoms with van der Waals surface area (Å²) in [5, 5.41) is 21.5. The molecule has 2 N–H and O–H groups in total. The number of thiophene rings is 1. The lowest BCUT2D eigenvalue weighted by molar-refractivity contribution is 0.00181. The quantitative estimate of drug-likeness (QED) is 0.858. The third kappa shape index (κ3) is 2.61. The molecule has 106 valence electrons. The van der Waals surface area contributed by atoms with Crippen LogP contribution < -0.4 is 0 Å². The first-order valence-corrected chi connectivity index (χ1v) is 8.50. The van der Waals surface area contributed by atoms with Gasteiger partial charge in [-0.3, -0.25) is 0 Å². The summed E-state index contributed by atoms with van der Waals surface area (Å²) in [7, 11) is 0. The van der Waals surface area contributed by atoms with Crippen molar-refractivity contribution >= 4 is 11.3 Å². The number of hydrogen-bond donors (Lipinski definition) is 2. The van der Waals surface area contributed by atoms with Crippen molar-refractivity contribution < 1.29 is 10.2 Å². The Kier molecular flexibility index (Phi) is 3.71. The highest BCUT2D eigenvalue weighted by molar-refractivity contribution is 7.12. The van der Waals surface area contributed by atoms with Crippen LogP contribution in [0.4, 0.5) is 0 Å². The Balaban J connectivity index is 1.82. The fraction of sp³-hybridized carbons (Fsp3) is 0.750. The maximum atomic E-state index is 10.8. The van der Waals surface area contributed by atoms with Gasteiger partial charge >= 0.3 is 0 Å². The van der Waals surface area contributed by atoms with Gasteiger partial charge in [0, 0.05) is 9.75 Å². The average molecular weight is 280 g/mol. The Morgan fingerprint density at radius 1 is 0.684 bits per heavy atom. The Labute approximate surface area is 119 Å². The fourth-order valence-corrected chi connectivity index (χ4v) is 4.90. The first-order valence-electron chi connectivity index (χ1n) is 7.68. The number of hydrogen-bond acceptors (Lipinski definition) is 3. The highest BCUT2D eigenvalue weighted by Gasteiger charge is 2.37. The van der Waals surface area contributed by atoms with E-state index in [0.29, 0.717) is 0 Å². The third-order valence-corrected chi connectivity index (χ3v) is 6.36. The summed E-state index contributed by atoms with van der Waals surface area (Å²) in [5.74, 6) is 0. The van der Waals surface area contributed by atoms with Gasteiger partial charge in [0.25, 0.3) is 0 Å². The van der Waals surface area contributed by atoms with Crippen molar-refractivity contribution in [2.75, 3.05) is 0 Å². The van der Waals surface area contributed by atoms with Gasteiger partial charge in [-0.1, -0.05) is 38.5 Å². The van der Waals surface area contributed by atoms with Crippen molar-refractivity contribution in [3.05, 3.63) is 21.9 Å². The summed E-state index contributed by atoms with van der Waals surface area (Å²) in [6, 6.07) is 4.11. The van der Waals surface area contributed by atoms with Gasteiger partial charge in [0.05, 0.1) is 11.2 Å². The summed E-state index contributed by atoms with van der Waals surface area (Å²) in [5.41, 5.74) is -1.24. The van der Waals surface area contributed by atoms with Crippen LogP contribution in [0.5, 0.6) is 0 Å². The molecule has 0 radical (unpaired) electrons. The summed E-state index contributed by atoms with van der Waals surface area (Å²) in [4.78, 5) is 2.14. The van der Waals surface area contributed by atoms with E-state index in [0.717, 1.165) is 61.1 Å². The van der Waals surface area contributed by atoms with Crippen molar-refractivity contribution in [2.45, 2.75) is 75.4 Å². The van der Waals surface area contributed by atoms with Gasteiger partial charge in [-0.2, -0.15) is 0 Å². The Hall–Kier alpha value is -0.380. The van der Waals surface area contributed by atoms with Crippen LogP contribution in [0, 0.1) is 0 Å². The molecule has 0 aromatic carbocycles. The minimum Gasteiger partial charge on any atom is -0.384 e. The minimum atomic E-state index is -0.619. The topological polar surface area (TPSA) is 40.5 Å². The van der Waals surface area contributed by atoms with Crippen LogP contribution in [-0.2, 0) is 11.2 Å². The second-order valence-electron chi connectivity index (χ2n) is 6.35. The van der Waals surface area contributed by atoms with Crippen LogP contribution in [0.3, 0.4) is 0 Å². The van der Waals surface area contributed by atoms with E-state index in [2.05, 4.69) is 12.1 Å². The van der Waals surface area contributed by atoms with Gasteiger partial charge in [0.1, 0.15) is 0 Å². The van der Waals surface area contributed by atoms with Crippen molar-refractivity contribution in [1.82, 2.24) is 0 Å². The molecule has 1 aromatic heterocycles. The third-order valence-electron chi connectivity index (χ3n) is 4.88. The number of aliphatic hydroxyl groups is 2. The maximum Gasteiger partial charge on any atom is 0.0987 e. The second-order valence-corrected chi connectivity index (χ2v) is 7.43. The molecule has 2 fully saturated rings. The molecule has 0 atom stereocenters. The molecule has 1 aromatic rings. The van der Waals surface area contributed by atoms with Gasteiger partial charge in [-0.25, -0.2) is 0 Å². The van der Waals surface area contributed by atoms with Gasteiger partial charge in [0.2, 0.25) is 0 Å². The van der Waals surface area contributed by atoms with Crippen molar-refractivity contribution in [1.29, 1.82) is 0 Å². The van der Waals surface area contributed by atoms with Crippen LogP contribution in [0.15, 0.2) is 12.1 Å². The molecular formula is C16H24O2S. The highest BCUT2D eigenvalue weighted by Crippen LogP contribution is 2.45. The van der Waals surface area contributed by atoms with E-state index in [9.17, 15) is 10.2 Å². The SMILES string of the molecule is OC1(c2ccc(C3(O)CCCCC3)s2)CCCCC1. The predicted octanol–water partition coefficient (Wildman–Crippen LogP) is 4.05. The largest absolute Gasteiger partial charge is 0.384 e. The van der Waals surface area contributed by atoms with E-state index in [-0.39, 0.29) is 0 Å². The molecule has 3 heteroatoms. The van der Waals surface area contributed by atoms with Crippen LogP contribution in [0.1, 0.15) is 74.0 Å². The van der Waals surface area contributed by atoms with E-state index in [1.807, 2.05) is 0 Å². The molecule has 0 bridgehead atoms. The van der Waals surface area contributed by atoms with E-state index < -0.39 is 11.2 Å². The first-order chi connectivity index (χ1) is 9.12. The Bertz CT molecular complexity index is 387. The molecule has 19 heavy (non-hydrogen) atoms. The predicted molar refractivity (Wildman–Crippen MR) is 78.3 cm³/mol. The minimum absolute atomic E-state index is 0.619. The fourth-order valence-electron chi connectivity index (χ4n) is 3.60. The molecule has 0 unspecified atom stereocenters. The maximum absolute atomic E-state index is 10.8. The molecule has 0 spiro atoms.